The highest BCUT2D eigenvalue weighted by Gasteiger charge is 2.07. The van der Waals surface area contributed by atoms with Crippen LogP contribution < -0.4 is 10.1 Å². The molecular weight excluding hydrogens is 306 g/mol. The largest absolute Gasteiger partial charge is 0.489 e. The SMILES string of the molecule is CC(C)Oc1ccc(CN[C@@H](C)CCc2ccccc2)cc1Cl. The summed E-state index contributed by atoms with van der Waals surface area (Å²) in [5, 5.41) is 4.23. The smallest absolute Gasteiger partial charge is 0.138 e. The topological polar surface area (TPSA) is 21.3 Å². The lowest BCUT2D eigenvalue weighted by molar-refractivity contribution is 0.242. The maximum Gasteiger partial charge on any atom is 0.138 e. The van der Waals surface area contributed by atoms with Crippen LogP contribution in [0.5, 0.6) is 5.75 Å². The van der Waals surface area contributed by atoms with E-state index in [9.17, 15) is 0 Å². The van der Waals surface area contributed by atoms with E-state index in [1.807, 2.05) is 26.0 Å². The van der Waals surface area contributed by atoms with Gasteiger partial charge in [-0.1, -0.05) is 48.0 Å². The van der Waals surface area contributed by atoms with E-state index in [0.717, 1.165) is 25.1 Å². The lowest BCUT2D eigenvalue weighted by atomic mass is 10.1. The predicted octanol–water partition coefficient (Wildman–Crippen LogP) is 5.24. The van der Waals surface area contributed by atoms with Gasteiger partial charge in [0.1, 0.15) is 5.75 Å². The highest BCUT2D eigenvalue weighted by Crippen LogP contribution is 2.26. The van der Waals surface area contributed by atoms with Crippen molar-refractivity contribution in [2.45, 2.75) is 52.3 Å². The number of ether oxygens (including phenoxy) is 1. The standard InChI is InChI=1S/C20H26ClNO/c1-15(2)23-20-12-11-18(13-19(20)21)14-22-16(3)9-10-17-7-5-4-6-8-17/h4-8,11-13,15-16,22H,9-10,14H2,1-3H3/t16-/m0/s1. The molecule has 23 heavy (non-hydrogen) atoms. The summed E-state index contributed by atoms with van der Waals surface area (Å²) < 4.78 is 5.66. The van der Waals surface area contributed by atoms with Gasteiger partial charge in [0, 0.05) is 12.6 Å². The Hall–Kier alpha value is -1.51. The molecule has 2 aromatic carbocycles. The summed E-state index contributed by atoms with van der Waals surface area (Å²) in [6.07, 6.45) is 2.35. The molecule has 0 heterocycles. The first-order valence-corrected chi connectivity index (χ1v) is 8.65. The van der Waals surface area contributed by atoms with E-state index in [2.05, 4.69) is 48.6 Å². The maximum absolute atomic E-state index is 6.28. The first-order chi connectivity index (χ1) is 11.0. The van der Waals surface area contributed by atoms with Crippen LogP contribution in [0.15, 0.2) is 48.5 Å². The van der Waals surface area contributed by atoms with Crippen molar-refractivity contribution in [1.82, 2.24) is 5.32 Å². The van der Waals surface area contributed by atoms with Crippen molar-refractivity contribution in [2.75, 3.05) is 0 Å². The number of nitrogens with one attached hydrogen (secondary N) is 1. The minimum Gasteiger partial charge on any atom is -0.489 e. The summed E-state index contributed by atoms with van der Waals surface area (Å²) in [7, 11) is 0. The van der Waals surface area contributed by atoms with Gasteiger partial charge in [0.05, 0.1) is 11.1 Å². The molecule has 2 aromatic rings. The third kappa shape index (κ3) is 6.25. The Morgan fingerprint density at radius 3 is 2.39 bits per heavy atom. The normalized spacial score (nSPS) is 12.4. The molecule has 0 bridgehead atoms. The van der Waals surface area contributed by atoms with Crippen LogP contribution in [-0.4, -0.2) is 12.1 Å². The molecule has 1 N–H and O–H groups in total. The molecule has 0 aromatic heterocycles. The molecule has 0 unspecified atom stereocenters. The molecule has 0 fully saturated rings. The van der Waals surface area contributed by atoms with Crippen LogP contribution in [0.3, 0.4) is 0 Å². The molecule has 0 saturated carbocycles. The molecule has 0 aliphatic rings. The average Bonchev–Trinajstić information content (AvgIpc) is 2.54. The van der Waals surface area contributed by atoms with Crippen molar-refractivity contribution < 1.29 is 4.74 Å². The Morgan fingerprint density at radius 2 is 1.74 bits per heavy atom. The second-order valence-corrected chi connectivity index (χ2v) is 6.64. The number of halogens is 1. The fraction of sp³-hybridized carbons (Fsp3) is 0.400. The van der Waals surface area contributed by atoms with Crippen molar-refractivity contribution in [3.05, 3.63) is 64.7 Å². The summed E-state index contributed by atoms with van der Waals surface area (Å²) >= 11 is 6.28. The minimum atomic E-state index is 0.134. The monoisotopic (exact) mass is 331 g/mol. The molecule has 0 spiro atoms. The Labute approximate surface area is 144 Å². The highest BCUT2D eigenvalue weighted by molar-refractivity contribution is 6.32. The van der Waals surface area contributed by atoms with Gasteiger partial charge in [-0.2, -0.15) is 0 Å². The van der Waals surface area contributed by atoms with Crippen LogP contribution in [-0.2, 0) is 13.0 Å². The lowest BCUT2D eigenvalue weighted by Crippen LogP contribution is -2.26. The van der Waals surface area contributed by atoms with Crippen molar-refractivity contribution in [2.24, 2.45) is 0 Å². The van der Waals surface area contributed by atoms with Gasteiger partial charge in [0.2, 0.25) is 0 Å². The number of hydrogen-bond acceptors (Lipinski definition) is 2. The Balaban J connectivity index is 1.79. The van der Waals surface area contributed by atoms with Crippen LogP contribution in [0.4, 0.5) is 0 Å². The lowest BCUT2D eigenvalue weighted by Gasteiger charge is -2.15. The first-order valence-electron chi connectivity index (χ1n) is 8.27. The number of aryl methyl sites for hydroxylation is 1. The van der Waals surface area contributed by atoms with E-state index in [1.54, 1.807) is 0 Å². The fourth-order valence-corrected chi connectivity index (χ4v) is 2.67. The summed E-state index contributed by atoms with van der Waals surface area (Å²) in [5.74, 6) is 0.752. The highest BCUT2D eigenvalue weighted by atomic mass is 35.5. The van der Waals surface area contributed by atoms with E-state index in [1.165, 1.54) is 11.1 Å². The molecule has 0 aliphatic heterocycles. The van der Waals surface area contributed by atoms with Gasteiger partial charge in [-0.25, -0.2) is 0 Å². The molecule has 0 amide bonds. The quantitative estimate of drug-likeness (QED) is 0.714. The number of benzene rings is 2. The van der Waals surface area contributed by atoms with Crippen molar-refractivity contribution in [1.29, 1.82) is 0 Å². The van der Waals surface area contributed by atoms with E-state index in [0.29, 0.717) is 11.1 Å². The molecule has 3 heteroatoms. The zero-order valence-electron chi connectivity index (χ0n) is 14.2. The molecule has 2 rings (SSSR count). The fourth-order valence-electron chi connectivity index (χ4n) is 2.43. The number of rotatable bonds is 8. The van der Waals surface area contributed by atoms with Crippen LogP contribution >= 0.6 is 11.6 Å². The molecule has 1 atom stereocenters. The van der Waals surface area contributed by atoms with E-state index in [4.69, 9.17) is 16.3 Å². The zero-order chi connectivity index (χ0) is 16.7. The van der Waals surface area contributed by atoms with Gasteiger partial charge >= 0.3 is 0 Å². The summed E-state index contributed by atoms with van der Waals surface area (Å²) in [4.78, 5) is 0. The van der Waals surface area contributed by atoms with Gasteiger partial charge in [0.25, 0.3) is 0 Å². The van der Waals surface area contributed by atoms with Crippen LogP contribution in [0.25, 0.3) is 0 Å². The number of hydrogen-bond donors (Lipinski definition) is 1. The van der Waals surface area contributed by atoms with Gasteiger partial charge in [-0.15, -0.1) is 0 Å². The van der Waals surface area contributed by atoms with Crippen molar-refractivity contribution >= 4 is 11.6 Å². The molecule has 0 radical (unpaired) electrons. The van der Waals surface area contributed by atoms with Crippen LogP contribution in [0, 0.1) is 0 Å². The van der Waals surface area contributed by atoms with Crippen molar-refractivity contribution in [3.63, 3.8) is 0 Å². The van der Waals surface area contributed by atoms with Crippen LogP contribution in [0.2, 0.25) is 5.02 Å². The van der Waals surface area contributed by atoms with E-state index >= 15 is 0 Å². The molecule has 0 saturated heterocycles. The van der Waals surface area contributed by atoms with Crippen LogP contribution in [0.1, 0.15) is 38.3 Å². The average molecular weight is 332 g/mol. The van der Waals surface area contributed by atoms with Gasteiger partial charge in [-0.3, -0.25) is 0 Å². The Bertz CT molecular complexity index is 598. The predicted molar refractivity (Wildman–Crippen MR) is 98.3 cm³/mol. The Kier molecular flexibility index (Phi) is 6.94. The second-order valence-electron chi connectivity index (χ2n) is 6.24. The summed E-state index contributed by atoms with van der Waals surface area (Å²) in [5.41, 5.74) is 2.57. The van der Waals surface area contributed by atoms with Gasteiger partial charge in [0.15, 0.2) is 0 Å². The second kappa shape index (κ2) is 8.95. The zero-order valence-corrected chi connectivity index (χ0v) is 14.9. The summed E-state index contributed by atoms with van der Waals surface area (Å²) in [6, 6.07) is 17.1. The van der Waals surface area contributed by atoms with Crippen molar-refractivity contribution in [3.8, 4) is 5.75 Å². The third-order valence-electron chi connectivity index (χ3n) is 3.72. The maximum atomic E-state index is 6.28. The molecule has 124 valence electrons. The first kappa shape index (κ1) is 17.8. The summed E-state index contributed by atoms with van der Waals surface area (Å²) in [6.45, 7) is 7.04. The molecular formula is C20H26ClNO. The van der Waals surface area contributed by atoms with E-state index < -0.39 is 0 Å². The van der Waals surface area contributed by atoms with E-state index in [-0.39, 0.29) is 6.10 Å². The Morgan fingerprint density at radius 1 is 1.00 bits per heavy atom. The minimum absolute atomic E-state index is 0.134. The third-order valence-corrected chi connectivity index (χ3v) is 4.02. The van der Waals surface area contributed by atoms with Gasteiger partial charge in [-0.05, 0) is 56.9 Å². The molecule has 0 aliphatic carbocycles. The molecule has 2 nitrogen and oxygen atoms in total. The van der Waals surface area contributed by atoms with Gasteiger partial charge < -0.3 is 10.1 Å².